The highest BCUT2D eigenvalue weighted by Gasteiger charge is 2.30. The summed E-state index contributed by atoms with van der Waals surface area (Å²) in [6.45, 7) is 7.09. The summed E-state index contributed by atoms with van der Waals surface area (Å²) < 4.78 is 0. The van der Waals surface area contributed by atoms with E-state index in [-0.39, 0.29) is 0 Å². The standard InChI is InChI=1S/C13H26/c1-4-6-7-8-11(3)13-9-12(5-2)10-13/h11-13H,4-10H2,1-3H3. The van der Waals surface area contributed by atoms with E-state index >= 15 is 0 Å². The Bertz CT molecular complexity index is 122. The summed E-state index contributed by atoms with van der Waals surface area (Å²) in [5.74, 6) is 3.18. The largest absolute Gasteiger partial charge is 0.0654 e. The van der Waals surface area contributed by atoms with E-state index < -0.39 is 0 Å². The zero-order valence-electron chi connectivity index (χ0n) is 9.68. The first kappa shape index (κ1) is 11.1. The van der Waals surface area contributed by atoms with Gasteiger partial charge in [-0.15, -0.1) is 0 Å². The minimum absolute atomic E-state index is 1.01. The summed E-state index contributed by atoms with van der Waals surface area (Å²) in [5, 5.41) is 0. The van der Waals surface area contributed by atoms with Crippen LogP contribution in [0, 0.1) is 17.8 Å². The van der Waals surface area contributed by atoms with Gasteiger partial charge in [0.1, 0.15) is 0 Å². The second kappa shape index (κ2) is 5.67. The van der Waals surface area contributed by atoms with Crippen molar-refractivity contribution in [1.82, 2.24) is 0 Å². The van der Waals surface area contributed by atoms with Gasteiger partial charge in [0.15, 0.2) is 0 Å². The van der Waals surface area contributed by atoms with Gasteiger partial charge in [0.25, 0.3) is 0 Å². The molecule has 0 aliphatic heterocycles. The van der Waals surface area contributed by atoms with Crippen molar-refractivity contribution in [3.05, 3.63) is 0 Å². The maximum absolute atomic E-state index is 2.46. The molecule has 1 unspecified atom stereocenters. The van der Waals surface area contributed by atoms with E-state index in [4.69, 9.17) is 0 Å². The summed E-state index contributed by atoms with van der Waals surface area (Å²) in [7, 11) is 0. The van der Waals surface area contributed by atoms with Crippen LogP contribution in [0.2, 0.25) is 0 Å². The molecule has 0 aromatic rings. The second-order valence-corrected chi connectivity index (χ2v) is 4.98. The molecule has 0 saturated heterocycles. The second-order valence-electron chi connectivity index (χ2n) is 4.98. The Morgan fingerprint density at radius 1 is 1.15 bits per heavy atom. The van der Waals surface area contributed by atoms with Crippen LogP contribution in [0.25, 0.3) is 0 Å². The van der Waals surface area contributed by atoms with Crippen LogP contribution in [0.3, 0.4) is 0 Å². The topological polar surface area (TPSA) is 0 Å². The van der Waals surface area contributed by atoms with Crippen LogP contribution >= 0.6 is 0 Å². The highest BCUT2D eigenvalue weighted by Crippen LogP contribution is 2.42. The molecule has 1 atom stereocenters. The predicted molar refractivity (Wildman–Crippen MR) is 59.8 cm³/mol. The van der Waals surface area contributed by atoms with E-state index in [1.54, 1.807) is 0 Å². The lowest BCUT2D eigenvalue weighted by molar-refractivity contribution is 0.122. The molecular weight excluding hydrogens is 156 g/mol. The van der Waals surface area contributed by atoms with Crippen molar-refractivity contribution in [1.29, 1.82) is 0 Å². The monoisotopic (exact) mass is 182 g/mol. The van der Waals surface area contributed by atoms with Crippen molar-refractivity contribution in [3.63, 3.8) is 0 Å². The van der Waals surface area contributed by atoms with Crippen molar-refractivity contribution < 1.29 is 0 Å². The van der Waals surface area contributed by atoms with E-state index in [0.29, 0.717) is 0 Å². The Morgan fingerprint density at radius 3 is 2.38 bits per heavy atom. The fourth-order valence-electron chi connectivity index (χ4n) is 2.54. The van der Waals surface area contributed by atoms with Gasteiger partial charge < -0.3 is 0 Å². The molecule has 0 amide bonds. The number of rotatable bonds is 6. The van der Waals surface area contributed by atoms with E-state index in [9.17, 15) is 0 Å². The minimum atomic E-state index is 1.01. The van der Waals surface area contributed by atoms with Gasteiger partial charge in [-0.1, -0.05) is 52.9 Å². The van der Waals surface area contributed by atoms with Crippen LogP contribution in [0.15, 0.2) is 0 Å². The zero-order chi connectivity index (χ0) is 9.68. The highest BCUT2D eigenvalue weighted by atomic mass is 14.4. The quantitative estimate of drug-likeness (QED) is 0.525. The van der Waals surface area contributed by atoms with Gasteiger partial charge in [0.05, 0.1) is 0 Å². The first-order valence-electron chi connectivity index (χ1n) is 6.27. The molecule has 0 heterocycles. The van der Waals surface area contributed by atoms with Gasteiger partial charge in [-0.25, -0.2) is 0 Å². The molecule has 0 N–H and O–H groups in total. The molecular formula is C13H26. The summed E-state index contributed by atoms with van der Waals surface area (Å²) in [5.41, 5.74) is 0. The Hall–Kier alpha value is 0. The Morgan fingerprint density at radius 2 is 1.85 bits per heavy atom. The summed E-state index contributed by atoms with van der Waals surface area (Å²) >= 11 is 0. The highest BCUT2D eigenvalue weighted by molar-refractivity contribution is 4.81. The molecule has 1 saturated carbocycles. The van der Waals surface area contributed by atoms with Gasteiger partial charge in [0, 0.05) is 0 Å². The number of hydrogen-bond acceptors (Lipinski definition) is 0. The van der Waals surface area contributed by atoms with Gasteiger partial charge in [-0.2, -0.15) is 0 Å². The number of unbranched alkanes of at least 4 members (excludes halogenated alkanes) is 2. The van der Waals surface area contributed by atoms with Crippen molar-refractivity contribution in [2.75, 3.05) is 0 Å². The average molecular weight is 182 g/mol. The van der Waals surface area contributed by atoms with Crippen molar-refractivity contribution >= 4 is 0 Å². The molecule has 0 nitrogen and oxygen atoms in total. The molecule has 1 aliphatic carbocycles. The summed E-state index contributed by atoms with van der Waals surface area (Å²) in [6, 6.07) is 0. The lowest BCUT2D eigenvalue weighted by Crippen LogP contribution is -2.28. The molecule has 1 aliphatic rings. The number of hydrogen-bond donors (Lipinski definition) is 0. The SMILES string of the molecule is CCCCCC(C)C1CC(CC)C1. The fraction of sp³-hybridized carbons (Fsp3) is 1.00. The lowest BCUT2D eigenvalue weighted by Gasteiger charge is -2.39. The van der Waals surface area contributed by atoms with Gasteiger partial charge in [0.2, 0.25) is 0 Å². The molecule has 0 bridgehead atoms. The molecule has 0 spiro atoms. The third-order valence-electron chi connectivity index (χ3n) is 3.92. The van der Waals surface area contributed by atoms with Crippen LogP contribution in [0.5, 0.6) is 0 Å². The summed E-state index contributed by atoms with van der Waals surface area (Å²) in [6.07, 6.45) is 10.2. The minimum Gasteiger partial charge on any atom is -0.0654 e. The van der Waals surface area contributed by atoms with E-state index in [0.717, 1.165) is 17.8 Å². The Kier molecular flexibility index (Phi) is 4.83. The predicted octanol–water partition coefficient (Wildman–Crippen LogP) is 4.64. The van der Waals surface area contributed by atoms with E-state index in [1.807, 2.05) is 0 Å². The first-order valence-corrected chi connectivity index (χ1v) is 6.27. The molecule has 13 heavy (non-hydrogen) atoms. The van der Waals surface area contributed by atoms with Crippen LogP contribution in [0.4, 0.5) is 0 Å². The first-order chi connectivity index (χ1) is 6.27. The summed E-state index contributed by atoms with van der Waals surface area (Å²) in [4.78, 5) is 0. The smallest absolute Gasteiger partial charge is 0.0383 e. The normalized spacial score (nSPS) is 29.8. The molecule has 1 rings (SSSR count). The lowest BCUT2D eigenvalue weighted by atomic mass is 9.67. The fourth-order valence-corrected chi connectivity index (χ4v) is 2.54. The molecule has 78 valence electrons. The van der Waals surface area contributed by atoms with Crippen LogP contribution < -0.4 is 0 Å². The van der Waals surface area contributed by atoms with Crippen molar-refractivity contribution in [3.8, 4) is 0 Å². The maximum Gasteiger partial charge on any atom is -0.0383 e. The van der Waals surface area contributed by atoms with Crippen molar-refractivity contribution in [2.45, 2.75) is 65.7 Å². The van der Waals surface area contributed by atoms with Crippen LogP contribution in [0.1, 0.15) is 65.7 Å². The third-order valence-corrected chi connectivity index (χ3v) is 3.92. The van der Waals surface area contributed by atoms with E-state index in [1.165, 1.54) is 44.9 Å². The van der Waals surface area contributed by atoms with Crippen molar-refractivity contribution in [2.24, 2.45) is 17.8 Å². The average Bonchev–Trinajstić information content (AvgIpc) is 2.03. The third kappa shape index (κ3) is 3.32. The Labute approximate surface area is 84.1 Å². The van der Waals surface area contributed by atoms with Crippen LogP contribution in [-0.2, 0) is 0 Å². The molecule has 0 aromatic carbocycles. The Balaban J connectivity index is 2.01. The molecule has 0 heteroatoms. The maximum atomic E-state index is 2.46. The van der Waals surface area contributed by atoms with Gasteiger partial charge >= 0.3 is 0 Å². The van der Waals surface area contributed by atoms with Crippen LogP contribution in [-0.4, -0.2) is 0 Å². The van der Waals surface area contributed by atoms with Gasteiger partial charge in [-0.05, 0) is 30.6 Å². The zero-order valence-corrected chi connectivity index (χ0v) is 9.68. The van der Waals surface area contributed by atoms with E-state index in [2.05, 4.69) is 20.8 Å². The van der Waals surface area contributed by atoms with Gasteiger partial charge in [-0.3, -0.25) is 0 Å². The molecule has 0 radical (unpaired) electrons. The molecule has 0 aromatic heterocycles. The molecule has 1 fully saturated rings.